The lowest BCUT2D eigenvalue weighted by Gasteiger charge is -2.20. The van der Waals surface area contributed by atoms with Crippen molar-refractivity contribution in [1.29, 1.82) is 0 Å². The first kappa shape index (κ1) is 7.63. The fourth-order valence-corrected chi connectivity index (χ4v) is 2.62. The molecule has 1 atom stereocenters. The quantitative estimate of drug-likeness (QED) is 0.748. The van der Waals surface area contributed by atoms with Crippen LogP contribution in [-0.4, -0.2) is 12.6 Å². The Bertz CT molecular complexity index is 281. The molecule has 1 unspecified atom stereocenters. The predicted octanol–water partition coefficient (Wildman–Crippen LogP) is 2.06. The van der Waals surface area contributed by atoms with E-state index in [4.69, 9.17) is 4.42 Å². The second-order valence-electron chi connectivity index (χ2n) is 4.28. The predicted molar refractivity (Wildman–Crippen MR) is 50.6 cm³/mol. The molecule has 1 aliphatic heterocycles. The van der Waals surface area contributed by atoms with Crippen molar-refractivity contribution in [2.24, 2.45) is 0 Å². The molecule has 2 aliphatic rings. The van der Waals surface area contributed by atoms with Crippen molar-refractivity contribution in [3.63, 3.8) is 0 Å². The molecular formula is C11H15NO. The zero-order chi connectivity index (χ0) is 8.73. The first-order valence-electron chi connectivity index (χ1n) is 5.19. The average Bonchev–Trinajstić information content (AvgIpc) is 2.68. The Morgan fingerprint density at radius 2 is 2.38 bits per heavy atom. The summed E-state index contributed by atoms with van der Waals surface area (Å²) in [6.45, 7) is 1.19. The molecule has 2 nitrogen and oxygen atoms in total. The Kier molecular flexibility index (Phi) is 1.53. The number of furan rings is 1. The van der Waals surface area contributed by atoms with E-state index in [0.29, 0.717) is 11.5 Å². The Balaban J connectivity index is 1.88. The van der Waals surface area contributed by atoms with E-state index in [1.807, 2.05) is 6.07 Å². The Hall–Kier alpha value is -0.760. The van der Waals surface area contributed by atoms with Crippen molar-refractivity contribution in [2.45, 2.75) is 37.1 Å². The Morgan fingerprint density at radius 3 is 2.92 bits per heavy atom. The molecule has 0 amide bonds. The van der Waals surface area contributed by atoms with E-state index in [-0.39, 0.29) is 0 Å². The zero-order valence-electron chi connectivity index (χ0n) is 7.75. The molecule has 2 heterocycles. The molecule has 0 bridgehead atoms. The van der Waals surface area contributed by atoms with Gasteiger partial charge in [-0.25, -0.2) is 0 Å². The van der Waals surface area contributed by atoms with Crippen LogP contribution in [0.15, 0.2) is 22.8 Å². The molecule has 0 radical (unpaired) electrons. The summed E-state index contributed by atoms with van der Waals surface area (Å²) < 4.78 is 5.53. The summed E-state index contributed by atoms with van der Waals surface area (Å²) in [4.78, 5) is 0. The third-order valence-corrected chi connectivity index (χ3v) is 3.53. The van der Waals surface area contributed by atoms with Crippen LogP contribution in [-0.2, 0) is 5.41 Å². The molecule has 2 heteroatoms. The SMILES string of the molecule is c1coc(C2(C3CCCN3)CC2)c1. The molecule has 1 aromatic rings. The van der Waals surface area contributed by atoms with Crippen LogP contribution >= 0.6 is 0 Å². The van der Waals surface area contributed by atoms with Gasteiger partial charge in [0.05, 0.1) is 6.26 Å². The van der Waals surface area contributed by atoms with Gasteiger partial charge in [-0.1, -0.05) is 0 Å². The smallest absolute Gasteiger partial charge is 0.111 e. The van der Waals surface area contributed by atoms with Crippen molar-refractivity contribution in [3.05, 3.63) is 24.2 Å². The molecular weight excluding hydrogens is 162 g/mol. The molecule has 0 aromatic carbocycles. The van der Waals surface area contributed by atoms with Crippen LogP contribution in [0.25, 0.3) is 0 Å². The van der Waals surface area contributed by atoms with Crippen LogP contribution in [0, 0.1) is 0 Å². The van der Waals surface area contributed by atoms with Crippen LogP contribution in [0.2, 0.25) is 0 Å². The highest BCUT2D eigenvalue weighted by molar-refractivity contribution is 5.26. The van der Waals surface area contributed by atoms with Gasteiger partial charge in [0.1, 0.15) is 5.76 Å². The lowest BCUT2D eigenvalue weighted by atomic mass is 9.92. The number of rotatable bonds is 2. The van der Waals surface area contributed by atoms with Crippen molar-refractivity contribution < 1.29 is 4.42 Å². The van der Waals surface area contributed by atoms with Gasteiger partial charge >= 0.3 is 0 Å². The highest BCUT2D eigenvalue weighted by Gasteiger charge is 2.53. The van der Waals surface area contributed by atoms with Gasteiger partial charge < -0.3 is 9.73 Å². The zero-order valence-corrected chi connectivity index (χ0v) is 7.75. The van der Waals surface area contributed by atoms with Gasteiger partial charge in [0, 0.05) is 11.5 Å². The van der Waals surface area contributed by atoms with E-state index in [2.05, 4.69) is 11.4 Å². The van der Waals surface area contributed by atoms with Gasteiger partial charge in [0.2, 0.25) is 0 Å². The van der Waals surface area contributed by atoms with Gasteiger partial charge in [-0.05, 0) is 44.4 Å². The fraction of sp³-hybridized carbons (Fsp3) is 0.636. The summed E-state index contributed by atoms with van der Waals surface area (Å²) >= 11 is 0. The van der Waals surface area contributed by atoms with E-state index in [1.54, 1.807) is 6.26 Å². The number of hydrogen-bond donors (Lipinski definition) is 1. The molecule has 1 saturated carbocycles. The maximum Gasteiger partial charge on any atom is 0.111 e. The van der Waals surface area contributed by atoms with Crippen molar-refractivity contribution in [1.82, 2.24) is 5.32 Å². The lowest BCUT2D eigenvalue weighted by molar-refractivity contribution is 0.381. The van der Waals surface area contributed by atoms with Gasteiger partial charge in [-0.3, -0.25) is 0 Å². The topological polar surface area (TPSA) is 25.2 Å². The molecule has 1 aliphatic carbocycles. The van der Waals surface area contributed by atoms with Crippen LogP contribution in [0.1, 0.15) is 31.4 Å². The standard InChI is InChI=1S/C11H15NO/c1-3-9(12-7-1)11(5-6-11)10-4-2-8-13-10/h2,4,8-9,12H,1,3,5-7H2. The van der Waals surface area contributed by atoms with E-state index in [9.17, 15) is 0 Å². The minimum absolute atomic E-state index is 0.375. The van der Waals surface area contributed by atoms with Gasteiger partial charge in [-0.15, -0.1) is 0 Å². The molecule has 1 aromatic heterocycles. The minimum Gasteiger partial charge on any atom is -0.469 e. The first-order chi connectivity index (χ1) is 6.42. The first-order valence-corrected chi connectivity index (χ1v) is 5.19. The molecule has 2 fully saturated rings. The van der Waals surface area contributed by atoms with Crippen LogP contribution in [0.5, 0.6) is 0 Å². The second kappa shape index (κ2) is 2.61. The minimum atomic E-state index is 0.375. The van der Waals surface area contributed by atoms with Crippen molar-refractivity contribution in [3.8, 4) is 0 Å². The molecule has 1 saturated heterocycles. The van der Waals surface area contributed by atoms with E-state index in [0.717, 1.165) is 0 Å². The molecule has 1 N–H and O–H groups in total. The molecule has 13 heavy (non-hydrogen) atoms. The maximum absolute atomic E-state index is 5.53. The highest BCUT2D eigenvalue weighted by atomic mass is 16.3. The van der Waals surface area contributed by atoms with Gasteiger partial charge in [0.25, 0.3) is 0 Å². The van der Waals surface area contributed by atoms with E-state index >= 15 is 0 Å². The van der Waals surface area contributed by atoms with E-state index < -0.39 is 0 Å². The molecule has 70 valence electrons. The van der Waals surface area contributed by atoms with Crippen LogP contribution in [0.4, 0.5) is 0 Å². The Morgan fingerprint density at radius 1 is 1.46 bits per heavy atom. The summed E-state index contributed by atoms with van der Waals surface area (Å²) in [6, 6.07) is 4.82. The lowest BCUT2D eigenvalue weighted by Crippen LogP contribution is -2.34. The largest absolute Gasteiger partial charge is 0.469 e. The number of nitrogens with one attached hydrogen (secondary N) is 1. The summed E-state index contributed by atoms with van der Waals surface area (Å²) in [6.07, 6.45) is 7.05. The third-order valence-electron chi connectivity index (χ3n) is 3.53. The normalized spacial score (nSPS) is 30.6. The summed E-state index contributed by atoms with van der Waals surface area (Å²) in [7, 11) is 0. The van der Waals surface area contributed by atoms with Gasteiger partial charge in [0.15, 0.2) is 0 Å². The number of hydrogen-bond acceptors (Lipinski definition) is 2. The second-order valence-corrected chi connectivity index (χ2v) is 4.28. The summed E-state index contributed by atoms with van der Waals surface area (Å²) in [5, 5.41) is 3.59. The van der Waals surface area contributed by atoms with Crippen molar-refractivity contribution >= 4 is 0 Å². The van der Waals surface area contributed by atoms with Crippen LogP contribution in [0.3, 0.4) is 0 Å². The fourth-order valence-electron chi connectivity index (χ4n) is 2.62. The average molecular weight is 177 g/mol. The Labute approximate surface area is 78.3 Å². The summed E-state index contributed by atoms with van der Waals surface area (Å²) in [5.41, 5.74) is 0.375. The van der Waals surface area contributed by atoms with E-state index in [1.165, 1.54) is 38.0 Å². The monoisotopic (exact) mass is 177 g/mol. The van der Waals surface area contributed by atoms with Crippen molar-refractivity contribution in [2.75, 3.05) is 6.54 Å². The summed E-state index contributed by atoms with van der Waals surface area (Å²) in [5.74, 6) is 1.20. The third kappa shape index (κ3) is 1.05. The molecule has 3 rings (SSSR count). The van der Waals surface area contributed by atoms with Crippen LogP contribution < -0.4 is 5.32 Å². The molecule has 0 spiro atoms. The van der Waals surface area contributed by atoms with Gasteiger partial charge in [-0.2, -0.15) is 0 Å². The highest BCUT2D eigenvalue weighted by Crippen LogP contribution is 2.52. The maximum atomic E-state index is 5.53.